The Balaban J connectivity index is 4.92. The van der Waals surface area contributed by atoms with Crippen LogP contribution in [0.3, 0.4) is 0 Å². The van der Waals surface area contributed by atoms with E-state index in [0.717, 1.165) is 22.5 Å². The van der Waals surface area contributed by atoms with Gasteiger partial charge in [0.25, 0.3) is 0 Å². The van der Waals surface area contributed by atoms with Crippen LogP contribution in [0.5, 0.6) is 0 Å². The zero-order chi connectivity index (χ0) is 11.8. The van der Waals surface area contributed by atoms with E-state index in [9.17, 15) is 0 Å². The molecule has 0 amide bonds. The second kappa shape index (κ2) is 6.82. The van der Waals surface area contributed by atoms with Crippen molar-refractivity contribution in [2.45, 2.75) is 20.8 Å². The Morgan fingerprint density at radius 1 is 1.33 bits per heavy atom. The number of rotatable bonds is 5. The number of allylic oxidation sites excluding steroid dienone is 5. The number of nitrogens with zero attached hydrogens (tertiary/aromatic N) is 1. The van der Waals surface area contributed by atoms with Crippen LogP contribution in [0.25, 0.3) is 0 Å². The Morgan fingerprint density at radius 3 is 2.27 bits per heavy atom. The molecule has 1 N–H and O–H groups in total. The minimum atomic E-state index is 0.984. The molecule has 0 radical (unpaired) electrons. The quantitative estimate of drug-likeness (QED) is 0.539. The summed E-state index contributed by atoms with van der Waals surface area (Å²) in [7, 11) is 1.74. The molecular formula is C13H20N2. The van der Waals surface area contributed by atoms with Crippen LogP contribution in [0.4, 0.5) is 0 Å². The lowest BCUT2D eigenvalue weighted by atomic mass is 10.2. The Bertz CT molecular complexity index is 330. The fourth-order valence-corrected chi connectivity index (χ4v) is 1.14. The van der Waals surface area contributed by atoms with Crippen molar-refractivity contribution < 1.29 is 0 Å². The lowest BCUT2D eigenvalue weighted by molar-refractivity contribution is 0.968. The largest absolute Gasteiger partial charge is 0.359 e. The summed E-state index contributed by atoms with van der Waals surface area (Å²) in [4.78, 5) is 3.97. The maximum absolute atomic E-state index is 3.97. The predicted octanol–water partition coefficient (Wildman–Crippen LogP) is 3.22. The molecule has 0 atom stereocenters. The smallest absolute Gasteiger partial charge is 0.0362 e. The molecule has 0 bridgehead atoms. The molecule has 0 saturated heterocycles. The first-order valence-electron chi connectivity index (χ1n) is 4.91. The summed E-state index contributed by atoms with van der Waals surface area (Å²) < 4.78 is 0. The van der Waals surface area contributed by atoms with Gasteiger partial charge in [0.1, 0.15) is 0 Å². The monoisotopic (exact) mass is 204 g/mol. The molecule has 0 aliphatic heterocycles. The molecule has 0 heterocycles. The summed E-state index contributed by atoms with van der Waals surface area (Å²) in [5, 5.41) is 3.28. The third kappa shape index (κ3) is 4.45. The molecule has 0 aliphatic rings. The first kappa shape index (κ1) is 13.4. The summed E-state index contributed by atoms with van der Waals surface area (Å²) in [6.45, 7) is 13.6. The van der Waals surface area contributed by atoms with Gasteiger partial charge in [0.15, 0.2) is 0 Å². The van der Waals surface area contributed by atoms with Crippen LogP contribution in [-0.2, 0) is 0 Å². The highest BCUT2D eigenvalue weighted by Crippen LogP contribution is 2.08. The second-order valence-electron chi connectivity index (χ2n) is 3.28. The summed E-state index contributed by atoms with van der Waals surface area (Å²) in [5.74, 6) is 0. The van der Waals surface area contributed by atoms with E-state index < -0.39 is 0 Å². The number of aliphatic imine (C=N–C) groups is 1. The lowest BCUT2D eigenvalue weighted by Crippen LogP contribution is -2.13. The molecule has 0 aliphatic carbocycles. The van der Waals surface area contributed by atoms with Crippen molar-refractivity contribution in [2.24, 2.45) is 4.99 Å². The van der Waals surface area contributed by atoms with Gasteiger partial charge in [0.2, 0.25) is 0 Å². The van der Waals surface area contributed by atoms with Crippen LogP contribution in [0.15, 0.2) is 52.8 Å². The third-order valence-electron chi connectivity index (χ3n) is 1.99. The van der Waals surface area contributed by atoms with Crippen molar-refractivity contribution in [1.29, 1.82) is 0 Å². The highest BCUT2D eigenvalue weighted by atomic mass is 14.9. The van der Waals surface area contributed by atoms with E-state index in [1.807, 2.05) is 26.8 Å². The van der Waals surface area contributed by atoms with Gasteiger partial charge in [-0.3, -0.25) is 4.99 Å². The second-order valence-corrected chi connectivity index (χ2v) is 3.28. The van der Waals surface area contributed by atoms with Crippen LogP contribution in [-0.4, -0.2) is 13.3 Å². The van der Waals surface area contributed by atoms with Crippen molar-refractivity contribution in [2.75, 3.05) is 7.05 Å². The molecule has 0 aromatic rings. The summed E-state index contributed by atoms with van der Waals surface area (Å²) in [6, 6.07) is 0. The SMILES string of the molecule is C=CC(C=NC)=C(C)N/C(=C\C)C(=C)C. The molecule has 0 spiro atoms. The highest BCUT2D eigenvalue weighted by Gasteiger charge is 1.99. The minimum Gasteiger partial charge on any atom is -0.359 e. The van der Waals surface area contributed by atoms with Crippen LogP contribution >= 0.6 is 0 Å². The van der Waals surface area contributed by atoms with E-state index in [2.05, 4.69) is 23.5 Å². The molecule has 0 aromatic carbocycles. The van der Waals surface area contributed by atoms with Gasteiger partial charge in [0.05, 0.1) is 0 Å². The first-order valence-corrected chi connectivity index (χ1v) is 4.91. The molecule has 0 saturated carbocycles. The van der Waals surface area contributed by atoms with Gasteiger partial charge >= 0.3 is 0 Å². The van der Waals surface area contributed by atoms with Crippen molar-refractivity contribution >= 4 is 6.21 Å². The van der Waals surface area contributed by atoms with Gasteiger partial charge in [-0.15, -0.1) is 0 Å². The van der Waals surface area contributed by atoms with Gasteiger partial charge < -0.3 is 5.32 Å². The highest BCUT2D eigenvalue weighted by molar-refractivity contribution is 5.83. The van der Waals surface area contributed by atoms with E-state index in [4.69, 9.17) is 0 Å². The maximum Gasteiger partial charge on any atom is 0.0362 e. The summed E-state index contributed by atoms with van der Waals surface area (Å²) in [6.07, 6.45) is 5.55. The average Bonchev–Trinajstić information content (AvgIpc) is 2.21. The summed E-state index contributed by atoms with van der Waals surface area (Å²) >= 11 is 0. The topological polar surface area (TPSA) is 24.4 Å². The molecule has 0 unspecified atom stereocenters. The third-order valence-corrected chi connectivity index (χ3v) is 1.99. The first-order chi connectivity index (χ1) is 7.06. The number of hydrogen-bond acceptors (Lipinski definition) is 2. The van der Waals surface area contributed by atoms with Crippen molar-refractivity contribution in [3.05, 3.63) is 47.9 Å². The maximum atomic E-state index is 3.97. The van der Waals surface area contributed by atoms with Gasteiger partial charge in [0, 0.05) is 30.2 Å². The molecule has 0 rings (SSSR count). The van der Waals surface area contributed by atoms with Gasteiger partial charge in [-0.2, -0.15) is 0 Å². The van der Waals surface area contributed by atoms with Gasteiger partial charge in [-0.1, -0.05) is 25.3 Å². The molecule has 0 aromatic heterocycles. The van der Waals surface area contributed by atoms with E-state index in [0.29, 0.717) is 0 Å². The van der Waals surface area contributed by atoms with Crippen LogP contribution < -0.4 is 5.32 Å². The van der Waals surface area contributed by atoms with Crippen LogP contribution in [0.2, 0.25) is 0 Å². The fourth-order valence-electron chi connectivity index (χ4n) is 1.14. The number of hydrogen-bond donors (Lipinski definition) is 1. The zero-order valence-electron chi connectivity index (χ0n) is 10.1. The van der Waals surface area contributed by atoms with Gasteiger partial charge in [-0.25, -0.2) is 0 Å². The molecule has 2 nitrogen and oxygen atoms in total. The normalized spacial score (nSPS) is 13.7. The number of nitrogens with one attached hydrogen (secondary N) is 1. The Hall–Kier alpha value is -1.57. The predicted molar refractivity (Wildman–Crippen MR) is 69.0 cm³/mol. The Morgan fingerprint density at radius 2 is 1.93 bits per heavy atom. The van der Waals surface area contributed by atoms with Gasteiger partial charge in [-0.05, 0) is 26.3 Å². The van der Waals surface area contributed by atoms with Crippen LogP contribution in [0, 0.1) is 0 Å². The lowest BCUT2D eigenvalue weighted by Gasteiger charge is -2.12. The zero-order valence-corrected chi connectivity index (χ0v) is 10.1. The Labute approximate surface area is 92.8 Å². The van der Waals surface area contributed by atoms with E-state index in [1.54, 1.807) is 19.3 Å². The molecule has 15 heavy (non-hydrogen) atoms. The van der Waals surface area contributed by atoms with Crippen molar-refractivity contribution in [3.8, 4) is 0 Å². The molecule has 0 fully saturated rings. The Kier molecular flexibility index (Phi) is 6.11. The minimum absolute atomic E-state index is 0.984. The molecule has 82 valence electrons. The van der Waals surface area contributed by atoms with Crippen molar-refractivity contribution in [1.82, 2.24) is 5.32 Å². The average molecular weight is 204 g/mol. The van der Waals surface area contributed by atoms with E-state index >= 15 is 0 Å². The van der Waals surface area contributed by atoms with Crippen LogP contribution in [0.1, 0.15) is 20.8 Å². The van der Waals surface area contributed by atoms with Crippen molar-refractivity contribution in [3.63, 3.8) is 0 Å². The standard InChI is InChI=1S/C13H20N2/c1-7-12(9-14-6)11(5)15-13(8-2)10(3)4/h7-9,15H,1,3H2,2,4-6H3/b12-11?,13-8-,14-9?. The van der Waals surface area contributed by atoms with E-state index in [-0.39, 0.29) is 0 Å². The molecular weight excluding hydrogens is 184 g/mol. The molecule has 2 heteroatoms. The fraction of sp³-hybridized carbons (Fsp3) is 0.308. The summed E-state index contributed by atoms with van der Waals surface area (Å²) in [5.41, 5.74) is 4.04. The van der Waals surface area contributed by atoms with E-state index in [1.165, 1.54) is 0 Å².